The molecule has 1 aliphatic carbocycles. The van der Waals surface area contributed by atoms with Crippen molar-refractivity contribution in [2.75, 3.05) is 25.5 Å². The fourth-order valence-electron chi connectivity index (χ4n) is 7.23. The normalized spacial score (nSPS) is 27.4. The van der Waals surface area contributed by atoms with Crippen molar-refractivity contribution in [1.29, 1.82) is 0 Å². The highest BCUT2D eigenvalue weighted by atomic mass is 32.2. The van der Waals surface area contributed by atoms with Crippen molar-refractivity contribution in [2.45, 2.75) is 170 Å². The second-order valence-corrected chi connectivity index (χ2v) is 20.7. The van der Waals surface area contributed by atoms with E-state index in [4.69, 9.17) is 18.5 Å². The Bertz CT molecular complexity index is 1570. The number of fused-ring (bicyclic) bond motifs is 1. The van der Waals surface area contributed by atoms with Gasteiger partial charge in [-0.3, -0.25) is 32.5 Å². The number of carbonyl (C=O) groups is 4. The molecule has 2 saturated heterocycles. The molecule has 0 aromatic heterocycles. The van der Waals surface area contributed by atoms with Crippen molar-refractivity contribution in [3.8, 4) is 0 Å². The average Bonchev–Trinajstić information content (AvgIpc) is 3.75. The van der Waals surface area contributed by atoms with Crippen LogP contribution in [0.1, 0.15) is 110 Å². The van der Waals surface area contributed by atoms with Gasteiger partial charge in [-0.25, -0.2) is 18.5 Å². The first-order valence-electron chi connectivity index (χ1n) is 21.1. The summed E-state index contributed by atoms with van der Waals surface area (Å²) < 4.78 is 64.9. The van der Waals surface area contributed by atoms with Gasteiger partial charge in [0.15, 0.2) is 6.10 Å². The summed E-state index contributed by atoms with van der Waals surface area (Å²) in [6.45, 7) is 0.941. The molecule has 2 heterocycles. The number of aliphatic hydroxyl groups is 3. The van der Waals surface area contributed by atoms with E-state index in [-0.39, 0.29) is 36.9 Å². The Labute approximate surface area is 369 Å². The molecule has 0 radical (unpaired) electrons. The molecule has 366 valence electrons. The highest BCUT2D eigenvalue weighted by Crippen LogP contribution is 2.51. The second kappa shape index (κ2) is 27.2. The van der Waals surface area contributed by atoms with Crippen molar-refractivity contribution < 1.29 is 100 Å². The lowest BCUT2D eigenvalue weighted by molar-refractivity contribution is -0.213. The third-order valence-corrected chi connectivity index (χ3v) is 13.9. The highest BCUT2D eigenvalue weighted by Gasteiger charge is 2.56. The Balaban J connectivity index is 1.41. The van der Waals surface area contributed by atoms with Crippen LogP contribution in [0.15, 0.2) is 0 Å². The predicted octanol–water partition coefficient (Wildman–Crippen LogP) is 1.54. The first-order valence-corrected chi connectivity index (χ1v) is 26.7. The Morgan fingerprint density at radius 3 is 1.86 bits per heavy atom. The zero-order valence-corrected chi connectivity index (χ0v) is 38.6. The first-order chi connectivity index (χ1) is 29.6. The highest BCUT2D eigenvalue weighted by molar-refractivity contribution is 8.00. The Morgan fingerprint density at radius 1 is 0.714 bits per heavy atom. The van der Waals surface area contributed by atoms with Crippen LogP contribution in [-0.2, 0) is 55.6 Å². The second-order valence-electron chi connectivity index (χ2n) is 15.6. The number of hydrogen-bond acceptors (Lipinski definition) is 17. The van der Waals surface area contributed by atoms with Crippen molar-refractivity contribution in [1.82, 2.24) is 16.0 Å². The predicted molar refractivity (Wildman–Crippen MR) is 221 cm³/mol. The number of esters is 2. The van der Waals surface area contributed by atoms with Gasteiger partial charge in [0.25, 0.3) is 0 Å². The minimum absolute atomic E-state index is 0.0139. The molecule has 3 rings (SSSR count). The molecule has 63 heavy (non-hydrogen) atoms. The molecule has 0 spiro atoms. The minimum atomic E-state index is -5.56. The van der Waals surface area contributed by atoms with E-state index >= 15 is 0 Å². The van der Waals surface area contributed by atoms with Crippen LogP contribution in [0.4, 0.5) is 4.79 Å². The van der Waals surface area contributed by atoms with Crippen LogP contribution in [0.25, 0.3) is 0 Å². The van der Waals surface area contributed by atoms with Crippen molar-refractivity contribution >= 4 is 59.1 Å². The molecule has 0 aromatic rings. The first kappa shape index (κ1) is 55.6. The quantitative estimate of drug-likeness (QED) is 0.0203. The van der Waals surface area contributed by atoms with Gasteiger partial charge in [0.2, 0.25) is 5.91 Å². The number of phosphoric acid groups is 3. The summed E-state index contributed by atoms with van der Waals surface area (Å²) in [6.07, 6.45) is -6.18. The minimum Gasteiger partial charge on any atom is -0.462 e. The third kappa shape index (κ3) is 21.2. The largest absolute Gasteiger partial charge is 0.472 e. The van der Waals surface area contributed by atoms with Crippen molar-refractivity contribution in [2.24, 2.45) is 0 Å². The van der Waals surface area contributed by atoms with E-state index in [9.17, 15) is 72.7 Å². The Morgan fingerprint density at radius 2 is 1.25 bits per heavy atom. The number of aliphatic hydroxyl groups excluding tert-OH is 3. The fourth-order valence-corrected chi connectivity index (χ4v) is 10.9. The van der Waals surface area contributed by atoms with Crippen molar-refractivity contribution in [3.63, 3.8) is 0 Å². The van der Waals surface area contributed by atoms with Gasteiger partial charge in [-0.05, 0) is 32.1 Å². The number of rotatable bonds is 31. The molecular formula is C35H64N3O21P3S. The third-order valence-electron chi connectivity index (χ3n) is 10.4. The fraction of sp³-hybridized carbons (Fsp3) is 0.886. The van der Waals surface area contributed by atoms with Crippen LogP contribution in [-0.4, -0.2) is 149 Å². The van der Waals surface area contributed by atoms with E-state index in [1.165, 1.54) is 0 Å². The maximum absolute atomic E-state index is 13.0. The number of carbonyl (C=O) groups excluding carboxylic acids is 4. The number of hydrogen-bond donors (Lipinski definition) is 11. The average molecular weight is 988 g/mol. The number of amides is 3. The van der Waals surface area contributed by atoms with Gasteiger partial charge in [0.05, 0.1) is 18.7 Å². The molecular weight excluding hydrogens is 923 g/mol. The maximum Gasteiger partial charge on any atom is 0.472 e. The Kier molecular flexibility index (Phi) is 23.9. The molecule has 11 N–H and O–H groups in total. The van der Waals surface area contributed by atoms with E-state index in [2.05, 4.69) is 25.0 Å². The summed E-state index contributed by atoms with van der Waals surface area (Å²) in [5.41, 5.74) is 0. The van der Waals surface area contributed by atoms with Crippen LogP contribution in [0.2, 0.25) is 0 Å². The summed E-state index contributed by atoms with van der Waals surface area (Å²) in [5, 5.41) is 40.8. The smallest absolute Gasteiger partial charge is 0.462 e. The van der Waals surface area contributed by atoms with E-state index < -0.39 is 91.3 Å². The molecule has 28 heteroatoms. The molecule has 3 aliphatic rings. The standard InChI is InChI=1S/C35H64N3O21P3S/c1-2-3-4-6-10-17-27(41)56-22(20-55-62(52,53)59-34-30(43)32(57-60(46,47)48)29(42)33(31(34)44)58-61(49,50)51)19-54-26(40)16-9-7-5-8-13-18-36-25(39)15-12-11-14-24-28-23(21-63-24)37-35(45)38-28/h22-24,28-34,42-44H,2-21H2,1H3,(H,36,39)(H,52,53)(H2,37,38,45)(H2,46,47,48)(H2,49,50,51)/t22-,23+,24+,28+,29?,30-,31-,32-,33+,34?/m1/s1. The lowest BCUT2D eigenvalue weighted by atomic mass is 9.85. The van der Waals surface area contributed by atoms with Gasteiger partial charge < -0.3 is 65.2 Å². The monoisotopic (exact) mass is 987 g/mol. The Hall–Kier alpha value is -1.76. The van der Waals surface area contributed by atoms with Crippen LogP contribution >= 0.6 is 35.2 Å². The number of ether oxygens (including phenoxy) is 2. The summed E-state index contributed by atoms with van der Waals surface area (Å²) in [5.74, 6) is -0.553. The zero-order chi connectivity index (χ0) is 46.8. The number of urea groups is 1. The summed E-state index contributed by atoms with van der Waals surface area (Å²) in [7, 11) is -16.6. The van der Waals surface area contributed by atoms with Gasteiger partial charge in [0.1, 0.15) is 43.2 Å². The number of unbranched alkanes of at least 4 members (excludes halogenated alkanes) is 9. The van der Waals surface area contributed by atoms with Gasteiger partial charge in [-0.2, -0.15) is 11.8 Å². The molecule has 3 unspecified atom stereocenters. The van der Waals surface area contributed by atoms with Crippen LogP contribution in [0.3, 0.4) is 0 Å². The van der Waals surface area contributed by atoms with Gasteiger partial charge in [0, 0.05) is 36.8 Å². The molecule has 0 aromatic carbocycles. The van der Waals surface area contributed by atoms with Gasteiger partial charge >= 0.3 is 41.4 Å². The topological polar surface area (TPSA) is 373 Å². The van der Waals surface area contributed by atoms with Crippen LogP contribution < -0.4 is 16.0 Å². The van der Waals surface area contributed by atoms with Crippen LogP contribution in [0.5, 0.6) is 0 Å². The molecule has 24 nitrogen and oxygen atoms in total. The molecule has 3 amide bonds. The van der Waals surface area contributed by atoms with E-state index in [0.717, 1.165) is 70.0 Å². The number of nitrogens with one attached hydrogen (secondary N) is 3. The summed E-state index contributed by atoms with van der Waals surface area (Å²) >= 11 is 1.84. The van der Waals surface area contributed by atoms with Crippen molar-refractivity contribution in [3.05, 3.63) is 0 Å². The number of thioether (sulfide) groups is 1. The molecule has 11 atom stereocenters. The SMILES string of the molecule is CCCCCCCC(=O)O[C@H](COC(=O)CCCCCCCNC(=O)CCCC[C@@H]1SC[C@@H]2NC(=O)N[C@@H]21)COP(=O)(O)OC1[C@H](O)[C@H](OP(=O)(O)O)C(O)[C@H](OP(=O)(O)O)[C@H]1O. The molecule has 0 bridgehead atoms. The van der Waals surface area contributed by atoms with E-state index in [0.29, 0.717) is 37.5 Å². The van der Waals surface area contributed by atoms with Crippen LogP contribution in [0, 0.1) is 0 Å². The van der Waals surface area contributed by atoms with Gasteiger partial charge in [-0.1, -0.05) is 58.3 Å². The summed E-state index contributed by atoms with van der Waals surface area (Å²) in [6, 6.07) is 0.204. The van der Waals surface area contributed by atoms with Gasteiger partial charge in [-0.15, -0.1) is 0 Å². The molecule has 1 saturated carbocycles. The van der Waals surface area contributed by atoms with E-state index in [1.807, 2.05) is 18.7 Å². The lowest BCUT2D eigenvalue weighted by Gasteiger charge is -2.44. The maximum atomic E-state index is 13.0. The number of phosphoric ester groups is 3. The summed E-state index contributed by atoms with van der Waals surface area (Å²) in [4.78, 5) is 96.4. The lowest BCUT2D eigenvalue weighted by Crippen LogP contribution is -2.65. The molecule has 3 fully saturated rings. The molecule has 2 aliphatic heterocycles. The zero-order valence-electron chi connectivity index (χ0n) is 35.1. The van der Waals surface area contributed by atoms with E-state index in [1.54, 1.807) is 0 Å².